The van der Waals surface area contributed by atoms with Crippen molar-refractivity contribution >= 4 is 11.7 Å². The number of benzene rings is 1. The predicted molar refractivity (Wildman–Crippen MR) is 93.9 cm³/mol. The average molecular weight is 346 g/mol. The van der Waals surface area contributed by atoms with Crippen LogP contribution in [0.3, 0.4) is 0 Å². The maximum atomic E-state index is 13.0. The Kier molecular flexibility index (Phi) is 5.84. The largest absolute Gasteiger partial charge is 0.369 e. The van der Waals surface area contributed by atoms with Gasteiger partial charge in [-0.3, -0.25) is 10.00 Å². The molecule has 0 radical (unpaired) electrons. The van der Waals surface area contributed by atoms with Gasteiger partial charge in [0.2, 0.25) is 0 Å². The number of rotatable bonds is 6. The van der Waals surface area contributed by atoms with Crippen LogP contribution in [0.15, 0.2) is 36.5 Å². The fourth-order valence-electron chi connectivity index (χ4n) is 2.83. The molecule has 0 unspecified atom stereocenters. The second-order valence-electron chi connectivity index (χ2n) is 6.00. The van der Waals surface area contributed by atoms with E-state index < -0.39 is 0 Å². The number of nitrogens with zero attached hydrogens (tertiary/aromatic N) is 3. The highest BCUT2D eigenvalue weighted by Gasteiger charge is 2.17. The Bertz CT molecular complexity index is 652. The Hall–Kier alpha value is -2.61. The molecule has 25 heavy (non-hydrogen) atoms. The number of carbonyl (C=O) groups excluding carboxylic acids is 1. The molecule has 0 atom stereocenters. The van der Waals surface area contributed by atoms with Gasteiger partial charge in [-0.2, -0.15) is 5.10 Å². The Morgan fingerprint density at radius 1 is 1.12 bits per heavy atom. The molecular formula is C17H23FN6O. The molecule has 134 valence electrons. The van der Waals surface area contributed by atoms with Crippen LogP contribution in [0.4, 0.5) is 14.9 Å². The molecule has 2 heterocycles. The minimum atomic E-state index is -0.209. The van der Waals surface area contributed by atoms with Gasteiger partial charge in [0.05, 0.1) is 12.2 Å². The lowest BCUT2D eigenvalue weighted by atomic mass is 10.2. The predicted octanol–water partition coefficient (Wildman–Crippen LogP) is 1.17. The van der Waals surface area contributed by atoms with E-state index in [2.05, 4.69) is 30.6 Å². The summed E-state index contributed by atoms with van der Waals surface area (Å²) >= 11 is 0. The van der Waals surface area contributed by atoms with Crippen LogP contribution < -0.4 is 15.5 Å². The van der Waals surface area contributed by atoms with E-state index in [0.717, 1.165) is 44.1 Å². The summed E-state index contributed by atoms with van der Waals surface area (Å²) in [6.07, 6.45) is 1.65. The van der Waals surface area contributed by atoms with E-state index in [-0.39, 0.29) is 11.8 Å². The fourth-order valence-corrected chi connectivity index (χ4v) is 2.83. The van der Waals surface area contributed by atoms with E-state index in [4.69, 9.17) is 0 Å². The first-order valence-corrected chi connectivity index (χ1v) is 8.43. The first-order valence-electron chi connectivity index (χ1n) is 8.43. The van der Waals surface area contributed by atoms with Gasteiger partial charge in [-0.25, -0.2) is 9.18 Å². The molecule has 0 bridgehead atoms. The van der Waals surface area contributed by atoms with Crippen LogP contribution in [-0.4, -0.2) is 60.4 Å². The summed E-state index contributed by atoms with van der Waals surface area (Å²) in [5.41, 5.74) is 1.92. The van der Waals surface area contributed by atoms with E-state index in [1.807, 2.05) is 18.2 Å². The average Bonchev–Trinajstić information content (AvgIpc) is 3.15. The van der Waals surface area contributed by atoms with E-state index in [1.165, 1.54) is 12.1 Å². The molecule has 1 saturated heterocycles. The quantitative estimate of drug-likeness (QED) is 0.734. The minimum absolute atomic E-state index is 0.181. The lowest BCUT2D eigenvalue weighted by Gasteiger charge is -2.36. The normalized spacial score (nSPS) is 15.2. The zero-order chi connectivity index (χ0) is 17.5. The number of carbonyl (C=O) groups is 1. The van der Waals surface area contributed by atoms with Crippen molar-refractivity contribution < 1.29 is 9.18 Å². The van der Waals surface area contributed by atoms with E-state index >= 15 is 0 Å². The number of hydrogen-bond acceptors (Lipinski definition) is 4. The second kappa shape index (κ2) is 8.48. The van der Waals surface area contributed by atoms with Gasteiger partial charge >= 0.3 is 6.03 Å². The highest BCUT2D eigenvalue weighted by molar-refractivity contribution is 5.73. The van der Waals surface area contributed by atoms with Gasteiger partial charge in [-0.05, 0) is 30.3 Å². The monoisotopic (exact) mass is 346 g/mol. The van der Waals surface area contributed by atoms with E-state index in [1.54, 1.807) is 6.20 Å². The summed E-state index contributed by atoms with van der Waals surface area (Å²) in [6, 6.07) is 8.26. The molecule has 2 amide bonds. The third kappa shape index (κ3) is 5.18. The maximum absolute atomic E-state index is 13.0. The summed E-state index contributed by atoms with van der Waals surface area (Å²) in [5.74, 6) is -0.209. The van der Waals surface area contributed by atoms with E-state index in [0.29, 0.717) is 13.1 Å². The number of H-pyrrole nitrogens is 1. The lowest BCUT2D eigenvalue weighted by Crippen LogP contribution is -2.49. The smallest absolute Gasteiger partial charge is 0.315 e. The van der Waals surface area contributed by atoms with Crippen LogP contribution in [0.2, 0.25) is 0 Å². The number of anilines is 1. The Labute approximate surface area is 146 Å². The first kappa shape index (κ1) is 17.2. The molecule has 1 aliphatic rings. The molecule has 1 fully saturated rings. The molecule has 7 nitrogen and oxygen atoms in total. The summed E-state index contributed by atoms with van der Waals surface area (Å²) in [6.45, 7) is 5.50. The topological polar surface area (TPSA) is 76.3 Å². The SMILES string of the molecule is O=C(NCCN1CCN(c2ccc(F)cc2)CC1)NCc1ccn[nH]1. The summed E-state index contributed by atoms with van der Waals surface area (Å²) in [7, 11) is 0. The third-order valence-corrected chi connectivity index (χ3v) is 4.28. The number of halogens is 1. The van der Waals surface area contributed by atoms with Crippen LogP contribution in [0.5, 0.6) is 0 Å². The zero-order valence-corrected chi connectivity index (χ0v) is 14.0. The van der Waals surface area contributed by atoms with Gasteiger partial charge in [0.15, 0.2) is 0 Å². The first-order chi connectivity index (χ1) is 12.2. The molecule has 3 rings (SSSR count). The van der Waals surface area contributed by atoms with Crippen molar-refractivity contribution in [2.75, 3.05) is 44.2 Å². The fraction of sp³-hybridized carbons (Fsp3) is 0.412. The van der Waals surface area contributed by atoms with Gasteiger partial charge in [0.25, 0.3) is 0 Å². The standard InChI is InChI=1S/C17H23FN6O/c18-14-1-3-16(4-2-14)24-11-9-23(10-12-24)8-7-19-17(25)20-13-15-5-6-21-22-15/h1-6H,7-13H2,(H,21,22)(H2,19,20,25). The van der Waals surface area contributed by atoms with Gasteiger partial charge in [-0.15, -0.1) is 0 Å². The molecule has 2 aromatic rings. The molecule has 1 aromatic carbocycles. The summed E-state index contributed by atoms with van der Waals surface area (Å²) in [4.78, 5) is 16.3. The molecule has 1 aliphatic heterocycles. The molecule has 8 heteroatoms. The number of aromatic nitrogens is 2. The molecule has 0 aliphatic carbocycles. The number of nitrogens with one attached hydrogen (secondary N) is 3. The van der Waals surface area contributed by atoms with Crippen LogP contribution in [0.1, 0.15) is 5.69 Å². The van der Waals surface area contributed by atoms with Crippen molar-refractivity contribution in [2.45, 2.75) is 6.54 Å². The molecule has 0 saturated carbocycles. The Morgan fingerprint density at radius 3 is 2.56 bits per heavy atom. The van der Waals surface area contributed by atoms with Crippen molar-refractivity contribution in [3.63, 3.8) is 0 Å². The number of piperazine rings is 1. The van der Waals surface area contributed by atoms with Crippen molar-refractivity contribution in [1.82, 2.24) is 25.7 Å². The van der Waals surface area contributed by atoms with Crippen LogP contribution >= 0.6 is 0 Å². The van der Waals surface area contributed by atoms with Crippen LogP contribution in [0.25, 0.3) is 0 Å². The number of aromatic amines is 1. The molecule has 0 spiro atoms. The van der Waals surface area contributed by atoms with Crippen LogP contribution in [0, 0.1) is 5.82 Å². The Balaban J connectivity index is 1.31. The van der Waals surface area contributed by atoms with Crippen molar-refractivity contribution in [3.05, 3.63) is 48.0 Å². The van der Waals surface area contributed by atoms with Crippen molar-refractivity contribution in [3.8, 4) is 0 Å². The maximum Gasteiger partial charge on any atom is 0.315 e. The highest BCUT2D eigenvalue weighted by atomic mass is 19.1. The summed E-state index contributed by atoms with van der Waals surface area (Å²) < 4.78 is 13.0. The van der Waals surface area contributed by atoms with Crippen molar-refractivity contribution in [2.24, 2.45) is 0 Å². The Morgan fingerprint density at radius 2 is 1.88 bits per heavy atom. The number of urea groups is 1. The van der Waals surface area contributed by atoms with Gasteiger partial charge in [0, 0.05) is 51.2 Å². The third-order valence-electron chi connectivity index (χ3n) is 4.28. The highest BCUT2D eigenvalue weighted by Crippen LogP contribution is 2.16. The summed E-state index contributed by atoms with van der Waals surface area (Å²) in [5, 5.41) is 12.3. The van der Waals surface area contributed by atoms with Gasteiger partial charge in [0.1, 0.15) is 5.82 Å². The second-order valence-corrected chi connectivity index (χ2v) is 6.00. The molecule has 1 aromatic heterocycles. The van der Waals surface area contributed by atoms with Crippen LogP contribution in [-0.2, 0) is 6.54 Å². The minimum Gasteiger partial charge on any atom is -0.369 e. The molecular weight excluding hydrogens is 323 g/mol. The number of hydrogen-bond donors (Lipinski definition) is 3. The van der Waals surface area contributed by atoms with E-state index in [9.17, 15) is 9.18 Å². The zero-order valence-electron chi connectivity index (χ0n) is 14.0. The van der Waals surface area contributed by atoms with Gasteiger partial charge < -0.3 is 15.5 Å². The number of amides is 2. The lowest BCUT2D eigenvalue weighted by molar-refractivity contribution is 0.231. The van der Waals surface area contributed by atoms with Gasteiger partial charge in [-0.1, -0.05) is 0 Å². The molecule has 3 N–H and O–H groups in total. The van der Waals surface area contributed by atoms with Crippen molar-refractivity contribution in [1.29, 1.82) is 0 Å².